The van der Waals surface area contributed by atoms with Gasteiger partial charge in [0.05, 0.1) is 24.2 Å². The molecule has 1 amide bonds. The first-order chi connectivity index (χ1) is 7.58. The SMILES string of the molecule is CC(Cn1ncc2ccc(O)cc21)C(N)=O. The number of benzene rings is 1. The smallest absolute Gasteiger partial charge is 0.222 e. The Bertz CT molecular complexity index is 533. The minimum Gasteiger partial charge on any atom is -0.508 e. The second-order valence-electron chi connectivity index (χ2n) is 3.87. The fourth-order valence-electron chi connectivity index (χ4n) is 1.55. The van der Waals surface area contributed by atoms with Crippen molar-refractivity contribution >= 4 is 16.8 Å². The lowest BCUT2D eigenvalue weighted by atomic mass is 10.1. The largest absolute Gasteiger partial charge is 0.508 e. The zero-order chi connectivity index (χ0) is 11.7. The number of phenolic OH excluding ortho intramolecular Hbond substituents is 1. The number of nitrogens with zero attached hydrogens (tertiary/aromatic N) is 2. The van der Waals surface area contributed by atoms with Crippen molar-refractivity contribution in [2.24, 2.45) is 11.7 Å². The molecule has 5 heteroatoms. The lowest BCUT2D eigenvalue weighted by molar-refractivity contribution is -0.121. The lowest BCUT2D eigenvalue weighted by Gasteiger charge is -2.08. The van der Waals surface area contributed by atoms with Gasteiger partial charge in [0, 0.05) is 11.5 Å². The van der Waals surface area contributed by atoms with Gasteiger partial charge in [-0.15, -0.1) is 0 Å². The first kappa shape index (κ1) is 10.5. The molecule has 3 N–H and O–H groups in total. The Morgan fingerprint density at radius 1 is 1.62 bits per heavy atom. The van der Waals surface area contributed by atoms with Crippen molar-refractivity contribution in [2.75, 3.05) is 0 Å². The van der Waals surface area contributed by atoms with Crippen LogP contribution in [0.1, 0.15) is 6.92 Å². The van der Waals surface area contributed by atoms with Crippen molar-refractivity contribution in [3.8, 4) is 5.75 Å². The predicted octanol–water partition coefficient (Wildman–Crippen LogP) is 0.863. The van der Waals surface area contributed by atoms with Crippen LogP contribution in [0.5, 0.6) is 5.75 Å². The van der Waals surface area contributed by atoms with Crippen molar-refractivity contribution in [3.05, 3.63) is 24.4 Å². The summed E-state index contributed by atoms with van der Waals surface area (Å²) in [6.07, 6.45) is 1.70. The van der Waals surface area contributed by atoms with Crippen LogP contribution >= 0.6 is 0 Å². The van der Waals surface area contributed by atoms with E-state index in [1.165, 1.54) is 0 Å². The average molecular weight is 219 g/mol. The van der Waals surface area contributed by atoms with Crippen LogP contribution in [0.3, 0.4) is 0 Å². The Labute approximate surface area is 92.5 Å². The van der Waals surface area contributed by atoms with Gasteiger partial charge in [-0.2, -0.15) is 5.10 Å². The van der Waals surface area contributed by atoms with Crippen LogP contribution in [0.2, 0.25) is 0 Å². The van der Waals surface area contributed by atoms with Gasteiger partial charge in [-0.3, -0.25) is 9.48 Å². The summed E-state index contributed by atoms with van der Waals surface area (Å²) in [6, 6.07) is 5.00. The van der Waals surface area contributed by atoms with E-state index in [9.17, 15) is 9.90 Å². The maximum atomic E-state index is 11.0. The highest BCUT2D eigenvalue weighted by Gasteiger charge is 2.12. The van der Waals surface area contributed by atoms with Crippen LogP contribution in [-0.4, -0.2) is 20.8 Å². The number of fused-ring (bicyclic) bond motifs is 1. The number of primary amides is 1. The molecular weight excluding hydrogens is 206 g/mol. The summed E-state index contributed by atoms with van der Waals surface area (Å²) in [5.74, 6) is -0.463. The Balaban J connectivity index is 2.37. The molecule has 5 nitrogen and oxygen atoms in total. The number of aromatic nitrogens is 2. The van der Waals surface area contributed by atoms with E-state index in [0.717, 1.165) is 10.9 Å². The summed E-state index contributed by atoms with van der Waals surface area (Å²) in [4.78, 5) is 11.0. The van der Waals surface area contributed by atoms with E-state index in [2.05, 4.69) is 5.10 Å². The Kier molecular flexibility index (Phi) is 2.52. The van der Waals surface area contributed by atoms with Crippen LogP contribution in [0.15, 0.2) is 24.4 Å². The van der Waals surface area contributed by atoms with Crippen molar-refractivity contribution in [2.45, 2.75) is 13.5 Å². The van der Waals surface area contributed by atoms with Crippen LogP contribution in [-0.2, 0) is 11.3 Å². The van der Waals surface area contributed by atoms with Crippen LogP contribution < -0.4 is 5.73 Å². The van der Waals surface area contributed by atoms with E-state index in [4.69, 9.17) is 5.73 Å². The Hall–Kier alpha value is -2.04. The molecule has 1 unspecified atom stereocenters. The van der Waals surface area contributed by atoms with Gasteiger partial charge in [-0.25, -0.2) is 0 Å². The zero-order valence-corrected chi connectivity index (χ0v) is 8.92. The van der Waals surface area contributed by atoms with E-state index in [1.807, 2.05) is 0 Å². The fraction of sp³-hybridized carbons (Fsp3) is 0.273. The van der Waals surface area contributed by atoms with E-state index >= 15 is 0 Å². The van der Waals surface area contributed by atoms with E-state index in [0.29, 0.717) is 6.54 Å². The fourth-order valence-corrected chi connectivity index (χ4v) is 1.55. The van der Waals surface area contributed by atoms with Gasteiger partial charge in [0.1, 0.15) is 5.75 Å². The highest BCUT2D eigenvalue weighted by atomic mass is 16.3. The number of carbonyl (C=O) groups excluding carboxylic acids is 1. The normalized spacial score (nSPS) is 12.8. The molecule has 0 radical (unpaired) electrons. The van der Waals surface area contributed by atoms with Gasteiger partial charge in [-0.05, 0) is 12.1 Å². The molecule has 0 spiro atoms. The highest BCUT2D eigenvalue weighted by molar-refractivity contribution is 5.80. The molecule has 2 aromatic rings. The van der Waals surface area contributed by atoms with Gasteiger partial charge < -0.3 is 10.8 Å². The molecule has 84 valence electrons. The van der Waals surface area contributed by atoms with Crippen molar-refractivity contribution < 1.29 is 9.90 Å². The molecule has 1 aromatic heterocycles. The lowest BCUT2D eigenvalue weighted by Crippen LogP contribution is -2.25. The molecule has 16 heavy (non-hydrogen) atoms. The van der Waals surface area contributed by atoms with Gasteiger partial charge in [-0.1, -0.05) is 6.92 Å². The Morgan fingerprint density at radius 3 is 3.06 bits per heavy atom. The summed E-state index contributed by atoms with van der Waals surface area (Å²) in [5.41, 5.74) is 6.00. The third-order valence-corrected chi connectivity index (χ3v) is 2.56. The van der Waals surface area contributed by atoms with Gasteiger partial charge in [0.25, 0.3) is 0 Å². The summed E-state index contributed by atoms with van der Waals surface area (Å²) in [7, 11) is 0. The van der Waals surface area contributed by atoms with Crippen LogP contribution in [0.4, 0.5) is 0 Å². The maximum absolute atomic E-state index is 11.0. The molecule has 1 heterocycles. The summed E-state index contributed by atoms with van der Waals surface area (Å²) < 4.78 is 1.67. The van der Waals surface area contributed by atoms with Crippen molar-refractivity contribution in [1.29, 1.82) is 0 Å². The first-order valence-corrected chi connectivity index (χ1v) is 5.02. The number of aromatic hydroxyl groups is 1. The molecule has 1 atom stereocenters. The molecule has 2 rings (SSSR count). The number of rotatable bonds is 3. The van der Waals surface area contributed by atoms with Crippen LogP contribution in [0, 0.1) is 5.92 Å². The molecule has 0 aliphatic carbocycles. The predicted molar refractivity (Wildman–Crippen MR) is 59.8 cm³/mol. The second-order valence-corrected chi connectivity index (χ2v) is 3.87. The average Bonchev–Trinajstić information content (AvgIpc) is 2.61. The standard InChI is InChI=1S/C11H13N3O2/c1-7(11(12)16)6-14-10-4-9(15)3-2-8(10)5-13-14/h2-5,7,15H,6H2,1H3,(H2,12,16). The number of hydrogen-bond acceptors (Lipinski definition) is 3. The number of nitrogens with two attached hydrogens (primary N) is 1. The summed E-state index contributed by atoms with van der Waals surface area (Å²) in [6.45, 7) is 2.17. The number of phenols is 1. The van der Waals surface area contributed by atoms with Crippen molar-refractivity contribution in [1.82, 2.24) is 9.78 Å². The minimum absolute atomic E-state index is 0.181. The number of hydrogen-bond donors (Lipinski definition) is 2. The molecular formula is C11H13N3O2. The molecule has 0 aliphatic rings. The molecule has 0 fully saturated rings. The third-order valence-electron chi connectivity index (χ3n) is 2.56. The van der Waals surface area contributed by atoms with Crippen molar-refractivity contribution in [3.63, 3.8) is 0 Å². The highest BCUT2D eigenvalue weighted by Crippen LogP contribution is 2.20. The Morgan fingerprint density at radius 2 is 2.38 bits per heavy atom. The minimum atomic E-state index is -0.358. The summed E-state index contributed by atoms with van der Waals surface area (Å²) >= 11 is 0. The van der Waals surface area contributed by atoms with E-state index in [-0.39, 0.29) is 17.6 Å². The molecule has 0 saturated heterocycles. The quantitative estimate of drug-likeness (QED) is 0.803. The van der Waals surface area contributed by atoms with Gasteiger partial charge >= 0.3 is 0 Å². The molecule has 0 aliphatic heterocycles. The maximum Gasteiger partial charge on any atom is 0.222 e. The van der Waals surface area contributed by atoms with E-state index in [1.54, 1.807) is 36.0 Å². The molecule has 0 saturated carbocycles. The second kappa shape index (κ2) is 3.84. The number of carbonyl (C=O) groups is 1. The van der Waals surface area contributed by atoms with Crippen LogP contribution in [0.25, 0.3) is 10.9 Å². The summed E-state index contributed by atoms with van der Waals surface area (Å²) in [5, 5.41) is 14.5. The van der Waals surface area contributed by atoms with Gasteiger partial charge in [0.2, 0.25) is 5.91 Å². The monoisotopic (exact) mass is 219 g/mol. The molecule has 1 aromatic carbocycles. The third kappa shape index (κ3) is 1.84. The first-order valence-electron chi connectivity index (χ1n) is 5.02. The zero-order valence-electron chi connectivity index (χ0n) is 8.92. The molecule has 0 bridgehead atoms. The number of amides is 1. The van der Waals surface area contributed by atoms with E-state index < -0.39 is 0 Å². The topological polar surface area (TPSA) is 81.1 Å². The van der Waals surface area contributed by atoms with Gasteiger partial charge in [0.15, 0.2) is 0 Å².